The Balaban J connectivity index is 2.15. The van der Waals surface area contributed by atoms with Crippen molar-refractivity contribution < 1.29 is 4.42 Å². The molecule has 4 heteroatoms. The minimum atomic E-state index is 0.203. The highest BCUT2D eigenvalue weighted by Gasteiger charge is 2.01. The van der Waals surface area contributed by atoms with E-state index in [1.165, 1.54) is 0 Å². The Morgan fingerprint density at radius 3 is 2.57 bits per heavy atom. The number of anilines is 1. The number of nitrogen functional groups attached to an aromatic ring is 1. The van der Waals surface area contributed by atoms with Crippen LogP contribution in [0.15, 0.2) is 34.9 Å². The molecule has 0 unspecified atom stereocenters. The molecule has 0 aliphatic heterocycles. The normalized spacial score (nSPS) is 10.4. The fraction of sp³-hybridized carbons (Fsp3) is 0.100. The summed E-state index contributed by atoms with van der Waals surface area (Å²) in [5.41, 5.74) is 7.31. The number of halogens is 1. The molecule has 72 valence electrons. The van der Waals surface area contributed by atoms with Gasteiger partial charge in [-0.3, -0.25) is 0 Å². The van der Waals surface area contributed by atoms with Crippen LogP contribution in [0.1, 0.15) is 11.3 Å². The fourth-order valence-corrected chi connectivity index (χ4v) is 1.34. The third kappa shape index (κ3) is 2.06. The lowest BCUT2D eigenvalue weighted by molar-refractivity contribution is 0.579. The zero-order chi connectivity index (χ0) is 9.97. The topological polar surface area (TPSA) is 52.0 Å². The first-order chi connectivity index (χ1) is 6.74. The van der Waals surface area contributed by atoms with Gasteiger partial charge in [-0.25, -0.2) is 0 Å². The van der Waals surface area contributed by atoms with Gasteiger partial charge in [0.1, 0.15) is 6.26 Å². The number of nitrogens with zero attached hydrogens (tertiary/aromatic N) is 1. The summed E-state index contributed by atoms with van der Waals surface area (Å²) in [7, 11) is 0. The predicted octanol–water partition coefficient (Wildman–Crippen LogP) is 2.50. The van der Waals surface area contributed by atoms with Crippen molar-refractivity contribution in [3.05, 3.63) is 46.8 Å². The third-order valence-corrected chi connectivity index (χ3v) is 2.12. The van der Waals surface area contributed by atoms with Crippen molar-refractivity contribution in [3.63, 3.8) is 0 Å². The smallest absolute Gasteiger partial charge is 0.292 e. The summed E-state index contributed by atoms with van der Waals surface area (Å²) in [5.74, 6) is 0. The van der Waals surface area contributed by atoms with Gasteiger partial charge in [-0.2, -0.15) is 4.98 Å². The molecular weight excluding hydrogens is 200 g/mol. The summed E-state index contributed by atoms with van der Waals surface area (Å²) in [4.78, 5) is 4.01. The molecule has 2 N–H and O–H groups in total. The van der Waals surface area contributed by atoms with Crippen molar-refractivity contribution in [2.75, 3.05) is 5.73 Å². The number of nitrogens with two attached hydrogens (primary N) is 1. The van der Waals surface area contributed by atoms with Gasteiger partial charge < -0.3 is 10.2 Å². The number of aromatic nitrogens is 1. The Morgan fingerprint density at radius 1 is 1.29 bits per heavy atom. The molecule has 0 bridgehead atoms. The molecule has 0 fully saturated rings. The molecule has 2 aromatic rings. The van der Waals surface area contributed by atoms with E-state index in [0.717, 1.165) is 16.3 Å². The molecule has 0 saturated carbocycles. The van der Waals surface area contributed by atoms with Crippen LogP contribution in [0.4, 0.5) is 6.01 Å². The van der Waals surface area contributed by atoms with Crippen molar-refractivity contribution in [1.29, 1.82) is 0 Å². The number of hydrogen-bond donors (Lipinski definition) is 1. The number of hydrogen-bond acceptors (Lipinski definition) is 3. The Hall–Kier alpha value is -1.48. The van der Waals surface area contributed by atoms with Crippen LogP contribution < -0.4 is 5.73 Å². The average Bonchev–Trinajstić information content (AvgIpc) is 2.56. The molecule has 1 aromatic heterocycles. The van der Waals surface area contributed by atoms with Gasteiger partial charge in [0, 0.05) is 11.4 Å². The highest BCUT2D eigenvalue weighted by Crippen LogP contribution is 2.13. The first-order valence-electron chi connectivity index (χ1n) is 4.18. The molecule has 1 heterocycles. The van der Waals surface area contributed by atoms with Crippen molar-refractivity contribution in [3.8, 4) is 0 Å². The van der Waals surface area contributed by atoms with Crippen molar-refractivity contribution in [1.82, 2.24) is 4.98 Å². The van der Waals surface area contributed by atoms with Crippen LogP contribution >= 0.6 is 11.6 Å². The van der Waals surface area contributed by atoms with Crippen molar-refractivity contribution >= 4 is 17.6 Å². The summed E-state index contributed by atoms with van der Waals surface area (Å²) in [5, 5.41) is 0.730. The zero-order valence-corrected chi connectivity index (χ0v) is 8.16. The van der Waals surface area contributed by atoms with Gasteiger partial charge in [0.05, 0.1) is 5.69 Å². The number of rotatable bonds is 2. The Kier molecular flexibility index (Phi) is 2.41. The Labute approximate surface area is 86.5 Å². The molecule has 0 amide bonds. The molecule has 0 saturated heterocycles. The van der Waals surface area contributed by atoms with Gasteiger partial charge in [0.2, 0.25) is 0 Å². The largest absolute Gasteiger partial charge is 0.432 e. The number of benzene rings is 1. The Morgan fingerprint density at radius 2 is 2.00 bits per heavy atom. The predicted molar refractivity (Wildman–Crippen MR) is 55.2 cm³/mol. The molecule has 2 rings (SSSR count). The van der Waals surface area contributed by atoms with E-state index in [4.69, 9.17) is 21.8 Å². The van der Waals surface area contributed by atoms with E-state index in [0.29, 0.717) is 6.42 Å². The molecule has 3 nitrogen and oxygen atoms in total. The van der Waals surface area contributed by atoms with E-state index in [9.17, 15) is 0 Å². The lowest BCUT2D eigenvalue weighted by Crippen LogP contribution is -1.89. The van der Waals surface area contributed by atoms with E-state index in [1.807, 2.05) is 24.3 Å². The maximum atomic E-state index is 5.76. The number of oxazole rings is 1. The van der Waals surface area contributed by atoms with Gasteiger partial charge in [-0.05, 0) is 17.7 Å². The van der Waals surface area contributed by atoms with Gasteiger partial charge in [-0.15, -0.1) is 0 Å². The van der Waals surface area contributed by atoms with Crippen LogP contribution in [0.2, 0.25) is 5.02 Å². The minimum absolute atomic E-state index is 0.203. The lowest BCUT2D eigenvalue weighted by Gasteiger charge is -1.96. The maximum absolute atomic E-state index is 5.76. The van der Waals surface area contributed by atoms with Crippen molar-refractivity contribution in [2.24, 2.45) is 0 Å². The summed E-state index contributed by atoms with van der Waals surface area (Å²) in [6, 6.07) is 7.80. The lowest BCUT2D eigenvalue weighted by atomic mass is 10.1. The van der Waals surface area contributed by atoms with E-state index in [2.05, 4.69) is 4.98 Å². The fourth-order valence-electron chi connectivity index (χ4n) is 1.22. The van der Waals surface area contributed by atoms with E-state index in [1.54, 1.807) is 6.26 Å². The second-order valence-electron chi connectivity index (χ2n) is 2.98. The van der Waals surface area contributed by atoms with Crippen molar-refractivity contribution in [2.45, 2.75) is 6.42 Å². The summed E-state index contributed by atoms with van der Waals surface area (Å²) >= 11 is 5.76. The van der Waals surface area contributed by atoms with Gasteiger partial charge >= 0.3 is 0 Å². The second-order valence-corrected chi connectivity index (χ2v) is 3.42. The maximum Gasteiger partial charge on any atom is 0.292 e. The minimum Gasteiger partial charge on any atom is -0.432 e. The van der Waals surface area contributed by atoms with E-state index < -0.39 is 0 Å². The quantitative estimate of drug-likeness (QED) is 0.825. The molecule has 0 radical (unpaired) electrons. The van der Waals surface area contributed by atoms with Gasteiger partial charge in [-0.1, -0.05) is 23.7 Å². The first-order valence-corrected chi connectivity index (χ1v) is 4.56. The molecule has 1 aromatic carbocycles. The van der Waals surface area contributed by atoms with Crippen LogP contribution in [0.3, 0.4) is 0 Å². The van der Waals surface area contributed by atoms with Crippen LogP contribution in [0.25, 0.3) is 0 Å². The molecule has 0 spiro atoms. The zero-order valence-electron chi connectivity index (χ0n) is 7.40. The second kappa shape index (κ2) is 3.72. The van der Waals surface area contributed by atoms with Crippen LogP contribution in [0, 0.1) is 0 Å². The average molecular weight is 209 g/mol. The van der Waals surface area contributed by atoms with Crippen LogP contribution in [0.5, 0.6) is 0 Å². The molecular formula is C10H9ClN2O. The van der Waals surface area contributed by atoms with Crippen LogP contribution in [-0.4, -0.2) is 4.98 Å². The Bertz CT molecular complexity index is 422. The third-order valence-electron chi connectivity index (χ3n) is 1.87. The van der Waals surface area contributed by atoms with Crippen LogP contribution in [-0.2, 0) is 6.42 Å². The van der Waals surface area contributed by atoms with E-state index in [-0.39, 0.29) is 6.01 Å². The molecule has 0 aliphatic rings. The monoisotopic (exact) mass is 208 g/mol. The highest BCUT2D eigenvalue weighted by molar-refractivity contribution is 6.30. The van der Waals surface area contributed by atoms with Gasteiger partial charge in [0.25, 0.3) is 6.01 Å². The summed E-state index contributed by atoms with van der Waals surface area (Å²) in [6.45, 7) is 0. The summed E-state index contributed by atoms with van der Waals surface area (Å²) < 4.78 is 4.90. The molecule has 0 atom stereocenters. The summed E-state index contributed by atoms with van der Waals surface area (Å²) in [6.07, 6.45) is 2.27. The standard InChI is InChI=1S/C10H9ClN2O/c11-8-3-1-7(2-4-8)5-9-6-14-10(12)13-9/h1-4,6H,5H2,(H2,12,13). The van der Waals surface area contributed by atoms with Gasteiger partial charge in [0.15, 0.2) is 0 Å². The highest BCUT2D eigenvalue weighted by atomic mass is 35.5. The first kappa shape index (κ1) is 9.09. The molecule has 0 aliphatic carbocycles. The SMILES string of the molecule is Nc1nc(Cc2ccc(Cl)cc2)co1. The van der Waals surface area contributed by atoms with E-state index >= 15 is 0 Å². The molecule has 14 heavy (non-hydrogen) atoms.